The molecule has 0 amide bonds. The zero-order valence-electron chi connectivity index (χ0n) is 54.8. The fraction of sp³-hybridized carbons (Fsp3) is 0.0303. The Labute approximate surface area is 583 Å². The Balaban J connectivity index is 0.825. The highest BCUT2D eigenvalue weighted by atomic mass is 15.1. The molecule has 0 atom stereocenters. The lowest BCUT2D eigenvalue weighted by Gasteiger charge is -2.34. The molecule has 0 aliphatic heterocycles. The molecule has 15 aromatic rings. The van der Waals surface area contributed by atoms with Crippen molar-refractivity contribution in [2.24, 2.45) is 0 Å². The first-order chi connectivity index (χ1) is 49.6. The summed E-state index contributed by atoms with van der Waals surface area (Å²) in [5.41, 5.74) is 39.3. The number of hydrogen-bond acceptors (Lipinski definition) is 1. The Hall–Kier alpha value is -12.7. The van der Waals surface area contributed by atoms with Crippen molar-refractivity contribution in [2.45, 2.75) is 16.2 Å². The smallest absolute Gasteiger partial charge is 0.0726 e. The maximum absolute atomic E-state index is 2.62. The maximum atomic E-state index is 2.62. The van der Waals surface area contributed by atoms with E-state index in [1.165, 1.54) is 167 Å². The van der Waals surface area contributed by atoms with Crippen LogP contribution in [0.1, 0.15) is 100 Å². The lowest BCUT2D eigenvalue weighted by molar-refractivity contribution is 0.791. The minimum atomic E-state index is -0.628. The van der Waals surface area contributed by atoms with Gasteiger partial charge in [0.05, 0.1) is 16.2 Å². The van der Waals surface area contributed by atoms with Gasteiger partial charge in [0.25, 0.3) is 0 Å². The van der Waals surface area contributed by atoms with E-state index in [-0.39, 0.29) is 0 Å². The Morgan fingerprint density at radius 3 is 0.590 bits per heavy atom. The minimum absolute atomic E-state index is 0.628. The summed E-state index contributed by atoms with van der Waals surface area (Å²) < 4.78 is 0. The highest BCUT2D eigenvalue weighted by Gasteiger charge is 2.55. The number of fused-ring (bicyclic) bond motifs is 30. The topological polar surface area (TPSA) is 3.24 Å². The second kappa shape index (κ2) is 21.7. The van der Waals surface area contributed by atoms with Gasteiger partial charge in [-0.25, -0.2) is 0 Å². The van der Waals surface area contributed by atoms with Gasteiger partial charge < -0.3 is 4.90 Å². The Morgan fingerprint density at radius 1 is 0.150 bits per heavy atom. The molecule has 464 valence electrons. The molecule has 0 saturated carbocycles. The average molecular weight is 1270 g/mol. The van der Waals surface area contributed by atoms with Crippen LogP contribution in [0.25, 0.3) is 103 Å². The van der Waals surface area contributed by atoms with Crippen LogP contribution in [0.2, 0.25) is 0 Å². The molecule has 0 bridgehead atoms. The number of nitrogens with zero attached hydrogens (tertiary/aromatic N) is 1. The Morgan fingerprint density at radius 2 is 0.340 bits per heavy atom. The van der Waals surface area contributed by atoms with Gasteiger partial charge in [0.15, 0.2) is 0 Å². The van der Waals surface area contributed by atoms with Crippen LogP contribution in [0.5, 0.6) is 0 Å². The molecular weight excluding hydrogens is 1200 g/mol. The first-order valence-corrected chi connectivity index (χ1v) is 35.0. The van der Waals surface area contributed by atoms with E-state index >= 15 is 0 Å². The van der Waals surface area contributed by atoms with Crippen LogP contribution >= 0.6 is 0 Å². The molecule has 0 radical (unpaired) electrons. The summed E-state index contributed by atoms with van der Waals surface area (Å²) in [5.74, 6) is 0. The van der Waals surface area contributed by atoms with Crippen LogP contribution < -0.4 is 4.90 Å². The first-order valence-electron chi connectivity index (χ1n) is 35.0. The summed E-state index contributed by atoms with van der Waals surface area (Å²) in [6.45, 7) is 0. The summed E-state index contributed by atoms with van der Waals surface area (Å²) in [6.07, 6.45) is 13.6. The molecule has 1 heteroatoms. The van der Waals surface area contributed by atoms with Crippen LogP contribution in [0.15, 0.2) is 346 Å². The van der Waals surface area contributed by atoms with Crippen molar-refractivity contribution < 1.29 is 0 Å². The molecule has 0 aromatic heterocycles. The van der Waals surface area contributed by atoms with E-state index in [4.69, 9.17) is 0 Å². The van der Waals surface area contributed by atoms with Crippen molar-refractivity contribution in [3.63, 3.8) is 0 Å². The van der Waals surface area contributed by atoms with Crippen molar-refractivity contribution in [3.8, 4) is 66.8 Å². The van der Waals surface area contributed by atoms with Crippen LogP contribution in [0.4, 0.5) is 17.1 Å². The Bertz CT molecular complexity index is 5310. The van der Waals surface area contributed by atoms with Crippen LogP contribution in [-0.4, -0.2) is 0 Å². The lowest BCUT2D eigenvalue weighted by atomic mass is 9.70. The van der Waals surface area contributed by atoms with E-state index in [0.717, 1.165) is 17.1 Å². The van der Waals surface area contributed by atoms with Crippen LogP contribution in [0.3, 0.4) is 0 Å². The Kier molecular flexibility index (Phi) is 12.2. The molecule has 6 aliphatic rings. The summed E-state index contributed by atoms with van der Waals surface area (Å²) in [6, 6.07) is 131. The standard InChI is InChI=1S/C99H63N/c1-4-22-64(23-5-1)40-43-67-46-52-79-82-55-49-70(61-94(82)97(91(79)58-67)85-34-16-10-28-73(85)74-29-11-17-35-86(74)97)100(71-50-56-83-80-53-47-68(44-41-65-24-6-2-7-25-65)59-92(80)98(95(83)62-71)87-36-18-12-30-75(87)76-31-13-19-37-88(76)98)72-51-57-84-81-54-48-69(45-42-66-26-8-3-9-27-66)60-93(81)99(96(84)63-72)89-38-20-14-32-77(89)78-33-15-21-39-90(78)99/h1-63H. The second-order valence-corrected chi connectivity index (χ2v) is 27.7. The average Bonchev–Trinajstić information content (AvgIpc) is 1.52. The van der Waals surface area contributed by atoms with E-state index in [1.807, 2.05) is 0 Å². The van der Waals surface area contributed by atoms with Crippen LogP contribution in [0, 0.1) is 0 Å². The summed E-state index contributed by atoms with van der Waals surface area (Å²) in [4.78, 5) is 2.62. The van der Waals surface area contributed by atoms with Gasteiger partial charge in [-0.2, -0.15) is 0 Å². The molecule has 15 aromatic carbocycles. The highest BCUT2D eigenvalue weighted by Crippen LogP contribution is 2.68. The molecule has 0 saturated heterocycles. The first kappa shape index (κ1) is 56.5. The normalized spacial score (nSPS) is 14.5. The van der Waals surface area contributed by atoms with Crippen molar-refractivity contribution in [1.29, 1.82) is 0 Å². The van der Waals surface area contributed by atoms with Gasteiger partial charge >= 0.3 is 0 Å². The lowest BCUT2D eigenvalue weighted by Crippen LogP contribution is -2.27. The fourth-order valence-electron chi connectivity index (χ4n) is 18.9. The molecule has 0 heterocycles. The molecule has 6 aliphatic carbocycles. The zero-order valence-corrected chi connectivity index (χ0v) is 54.8. The molecule has 0 unspecified atom stereocenters. The maximum Gasteiger partial charge on any atom is 0.0726 e. The van der Waals surface area contributed by atoms with Gasteiger partial charge in [-0.05, 0) is 222 Å². The van der Waals surface area contributed by atoms with Gasteiger partial charge in [0.1, 0.15) is 0 Å². The van der Waals surface area contributed by atoms with Gasteiger partial charge in [-0.15, -0.1) is 0 Å². The number of anilines is 3. The van der Waals surface area contributed by atoms with Gasteiger partial charge in [-0.3, -0.25) is 0 Å². The molecular formula is C99H63N. The zero-order chi connectivity index (χ0) is 65.7. The third-order valence-electron chi connectivity index (χ3n) is 22.9. The molecule has 21 rings (SSSR count). The number of hydrogen-bond donors (Lipinski definition) is 0. The van der Waals surface area contributed by atoms with Crippen molar-refractivity contribution in [3.05, 3.63) is 446 Å². The highest BCUT2D eigenvalue weighted by molar-refractivity contribution is 6.02. The molecule has 1 nitrogen and oxygen atoms in total. The van der Waals surface area contributed by atoms with E-state index in [9.17, 15) is 0 Å². The van der Waals surface area contributed by atoms with Crippen molar-refractivity contribution in [2.75, 3.05) is 4.90 Å². The second-order valence-electron chi connectivity index (χ2n) is 27.7. The fourth-order valence-corrected chi connectivity index (χ4v) is 18.9. The molecule has 0 N–H and O–H groups in total. The number of benzene rings is 15. The largest absolute Gasteiger partial charge is 0.310 e. The van der Waals surface area contributed by atoms with Crippen molar-refractivity contribution in [1.82, 2.24) is 0 Å². The van der Waals surface area contributed by atoms with E-state index < -0.39 is 16.2 Å². The summed E-state index contributed by atoms with van der Waals surface area (Å²) >= 11 is 0. The minimum Gasteiger partial charge on any atom is -0.310 e. The van der Waals surface area contributed by atoms with Gasteiger partial charge in [0, 0.05) is 17.1 Å². The monoisotopic (exact) mass is 1270 g/mol. The van der Waals surface area contributed by atoms with Gasteiger partial charge in [-0.1, -0.05) is 328 Å². The van der Waals surface area contributed by atoms with Crippen molar-refractivity contribution >= 4 is 53.5 Å². The predicted molar refractivity (Wildman–Crippen MR) is 416 cm³/mol. The van der Waals surface area contributed by atoms with E-state index in [0.29, 0.717) is 0 Å². The third kappa shape index (κ3) is 7.83. The molecule has 3 spiro atoms. The number of rotatable bonds is 9. The quantitative estimate of drug-likeness (QED) is 0.130. The van der Waals surface area contributed by atoms with E-state index in [1.54, 1.807) is 0 Å². The summed E-state index contributed by atoms with van der Waals surface area (Å²) in [5, 5.41) is 0. The van der Waals surface area contributed by atoms with E-state index in [2.05, 4.69) is 387 Å². The molecule has 0 fully saturated rings. The molecule has 100 heavy (non-hydrogen) atoms. The summed E-state index contributed by atoms with van der Waals surface area (Å²) in [7, 11) is 0. The SMILES string of the molecule is C(=Cc1ccc2c(c1)C1(c3ccccc3-c3ccccc31)c1cc(N(c3ccc4c(c3)C3(c5ccccc5-c5ccccc53)c3cc(C=Cc5ccccc5)ccc3-4)c3ccc4c(c3)C3(c5ccccc5-c5ccccc53)c3cc(C=Cc5ccccc5)ccc3-4)ccc1-2)c1ccccc1. The van der Waals surface area contributed by atoms with Crippen LogP contribution in [-0.2, 0) is 16.2 Å². The predicted octanol–water partition coefficient (Wildman–Crippen LogP) is 24.7. The third-order valence-corrected chi connectivity index (χ3v) is 22.9. The van der Waals surface area contributed by atoms with Gasteiger partial charge in [0.2, 0.25) is 0 Å².